The molecule has 0 bridgehead atoms. The van der Waals surface area contributed by atoms with Crippen molar-refractivity contribution in [3.8, 4) is 0 Å². The summed E-state index contributed by atoms with van der Waals surface area (Å²) in [5.41, 5.74) is 3.72. The highest BCUT2D eigenvalue weighted by Gasteiger charge is 2.32. The minimum absolute atomic E-state index is 0.0209. The first-order valence-corrected chi connectivity index (χ1v) is 14.2. The van der Waals surface area contributed by atoms with E-state index in [0.29, 0.717) is 25.7 Å². The molecule has 0 radical (unpaired) electrons. The van der Waals surface area contributed by atoms with Crippen LogP contribution in [0.15, 0.2) is 42.5 Å². The number of piperidine rings is 3. The normalized spacial score (nSPS) is 20.1. The van der Waals surface area contributed by atoms with Crippen LogP contribution in [0, 0.1) is 6.92 Å². The fourth-order valence-corrected chi connectivity index (χ4v) is 6.20. The van der Waals surface area contributed by atoms with Crippen molar-refractivity contribution in [1.29, 1.82) is 0 Å². The van der Waals surface area contributed by atoms with Gasteiger partial charge < -0.3 is 20.0 Å². The van der Waals surface area contributed by atoms with Crippen LogP contribution in [0.1, 0.15) is 78.2 Å². The second-order valence-corrected chi connectivity index (χ2v) is 10.9. The van der Waals surface area contributed by atoms with Gasteiger partial charge >= 0.3 is 6.03 Å². The molecule has 0 atom stereocenters. The molecule has 0 saturated carbocycles. The van der Waals surface area contributed by atoms with E-state index in [1.165, 1.54) is 32.4 Å². The van der Waals surface area contributed by atoms with Crippen LogP contribution in [-0.4, -0.2) is 76.9 Å². The number of pyridine rings is 1. The lowest BCUT2D eigenvalue weighted by Gasteiger charge is -2.40. The Morgan fingerprint density at radius 1 is 0.838 bits per heavy atom. The van der Waals surface area contributed by atoms with E-state index < -0.39 is 0 Å². The predicted octanol–water partition coefficient (Wildman–Crippen LogP) is 4.57. The summed E-state index contributed by atoms with van der Waals surface area (Å²) in [4.78, 5) is 37.8. The molecule has 198 valence electrons. The second-order valence-electron chi connectivity index (χ2n) is 10.9. The van der Waals surface area contributed by atoms with E-state index in [0.717, 1.165) is 61.3 Å². The maximum atomic E-state index is 13.6. The molecule has 1 aromatic heterocycles. The van der Waals surface area contributed by atoms with E-state index in [9.17, 15) is 9.59 Å². The number of benzene rings is 1. The first-order chi connectivity index (χ1) is 18.1. The van der Waals surface area contributed by atoms with E-state index in [1.807, 2.05) is 59.2 Å². The van der Waals surface area contributed by atoms with Gasteiger partial charge in [-0.25, -0.2) is 4.79 Å². The first kappa shape index (κ1) is 25.7. The largest absolute Gasteiger partial charge is 0.338 e. The Labute approximate surface area is 221 Å². The topological polar surface area (TPSA) is 68.8 Å². The molecular formula is C30H41N5O2. The molecule has 3 fully saturated rings. The Bertz CT molecular complexity index is 1050. The number of rotatable bonds is 5. The minimum atomic E-state index is -0.0209. The average molecular weight is 504 g/mol. The van der Waals surface area contributed by atoms with Crippen molar-refractivity contribution in [3.05, 3.63) is 65.0 Å². The number of hydrogen-bond acceptors (Lipinski definition) is 4. The zero-order valence-corrected chi connectivity index (χ0v) is 22.2. The van der Waals surface area contributed by atoms with Crippen molar-refractivity contribution in [3.63, 3.8) is 0 Å². The summed E-state index contributed by atoms with van der Waals surface area (Å²) in [6.07, 6.45) is 7.76. The van der Waals surface area contributed by atoms with Crippen LogP contribution in [0.4, 0.5) is 4.79 Å². The standard InChI is InChI=1S/C30H41N5O2/c1-23-10-11-27(29(36)34-20-14-26(15-21-34)33-16-6-3-7-17-33)28(32-23)25-12-18-35(19-13-25)30(37)31-22-24-8-4-2-5-9-24/h2,4-5,8-11,25-26H,3,6-7,12-22H2,1H3,(H,31,37). The van der Waals surface area contributed by atoms with E-state index in [-0.39, 0.29) is 17.9 Å². The number of aryl methyl sites for hydroxylation is 1. The van der Waals surface area contributed by atoms with Gasteiger partial charge in [-0.15, -0.1) is 0 Å². The fourth-order valence-electron chi connectivity index (χ4n) is 6.20. The third kappa shape index (κ3) is 6.32. The SMILES string of the molecule is Cc1ccc(C(=O)N2CCC(N3CCCCC3)CC2)c(C2CCN(C(=O)NCc3ccccc3)CC2)n1. The highest BCUT2D eigenvalue weighted by Crippen LogP contribution is 2.31. The van der Waals surface area contributed by atoms with Crippen LogP contribution in [0.3, 0.4) is 0 Å². The summed E-state index contributed by atoms with van der Waals surface area (Å²) in [6, 6.07) is 14.5. The van der Waals surface area contributed by atoms with Gasteiger partial charge in [0.05, 0.1) is 11.3 Å². The van der Waals surface area contributed by atoms with Gasteiger partial charge in [0.25, 0.3) is 5.91 Å². The Hall–Kier alpha value is -2.93. The van der Waals surface area contributed by atoms with Crippen LogP contribution >= 0.6 is 0 Å². The second kappa shape index (κ2) is 12.1. The molecule has 2 aromatic rings. The molecule has 7 heteroatoms. The molecule has 0 spiro atoms. The van der Waals surface area contributed by atoms with Crippen LogP contribution in [0.25, 0.3) is 0 Å². The highest BCUT2D eigenvalue weighted by atomic mass is 16.2. The zero-order chi connectivity index (χ0) is 25.6. The number of nitrogens with zero attached hydrogens (tertiary/aromatic N) is 4. The lowest BCUT2D eigenvalue weighted by Crippen LogP contribution is -2.48. The summed E-state index contributed by atoms with van der Waals surface area (Å²) in [5.74, 6) is 0.325. The Morgan fingerprint density at radius 3 is 2.22 bits per heavy atom. The van der Waals surface area contributed by atoms with Crippen LogP contribution < -0.4 is 5.32 Å². The summed E-state index contributed by atoms with van der Waals surface area (Å²) in [6.45, 7) is 7.97. The number of likely N-dealkylation sites (tertiary alicyclic amines) is 3. The quantitative estimate of drug-likeness (QED) is 0.649. The molecule has 0 unspecified atom stereocenters. The molecule has 7 nitrogen and oxygen atoms in total. The Balaban J connectivity index is 1.17. The summed E-state index contributed by atoms with van der Waals surface area (Å²) in [7, 11) is 0. The lowest BCUT2D eigenvalue weighted by molar-refractivity contribution is 0.0587. The molecule has 5 rings (SSSR count). The van der Waals surface area contributed by atoms with Gasteiger partial charge in [0, 0.05) is 50.4 Å². The van der Waals surface area contributed by atoms with Crippen molar-refractivity contribution >= 4 is 11.9 Å². The van der Waals surface area contributed by atoms with Crippen molar-refractivity contribution in [2.24, 2.45) is 0 Å². The van der Waals surface area contributed by atoms with E-state index >= 15 is 0 Å². The number of aromatic nitrogens is 1. The maximum absolute atomic E-state index is 13.6. The molecule has 4 heterocycles. The average Bonchev–Trinajstić information content (AvgIpc) is 2.97. The molecule has 1 N–H and O–H groups in total. The summed E-state index contributed by atoms with van der Waals surface area (Å²) < 4.78 is 0. The highest BCUT2D eigenvalue weighted by molar-refractivity contribution is 5.95. The van der Waals surface area contributed by atoms with Gasteiger partial charge in [-0.3, -0.25) is 9.78 Å². The van der Waals surface area contributed by atoms with Gasteiger partial charge in [0.15, 0.2) is 0 Å². The van der Waals surface area contributed by atoms with Gasteiger partial charge in [-0.05, 0) is 76.2 Å². The maximum Gasteiger partial charge on any atom is 0.317 e. The smallest absolute Gasteiger partial charge is 0.317 e. The number of urea groups is 1. The zero-order valence-electron chi connectivity index (χ0n) is 22.2. The van der Waals surface area contributed by atoms with Gasteiger partial charge in [0.1, 0.15) is 0 Å². The molecule has 0 aliphatic carbocycles. The van der Waals surface area contributed by atoms with Crippen molar-refractivity contribution in [2.45, 2.75) is 70.4 Å². The number of nitrogens with one attached hydrogen (secondary N) is 1. The van der Waals surface area contributed by atoms with Crippen LogP contribution in [0.5, 0.6) is 0 Å². The van der Waals surface area contributed by atoms with Gasteiger partial charge in [-0.1, -0.05) is 36.8 Å². The van der Waals surface area contributed by atoms with Gasteiger partial charge in [0.2, 0.25) is 0 Å². The minimum Gasteiger partial charge on any atom is -0.338 e. The molecule has 3 amide bonds. The molecule has 3 aliphatic rings. The lowest BCUT2D eigenvalue weighted by atomic mass is 9.89. The monoisotopic (exact) mass is 503 g/mol. The number of carbonyl (C=O) groups is 2. The van der Waals surface area contributed by atoms with E-state index in [2.05, 4.69) is 10.2 Å². The summed E-state index contributed by atoms with van der Waals surface area (Å²) >= 11 is 0. The van der Waals surface area contributed by atoms with E-state index in [4.69, 9.17) is 4.98 Å². The molecule has 37 heavy (non-hydrogen) atoms. The predicted molar refractivity (Wildman–Crippen MR) is 146 cm³/mol. The molecule has 3 aliphatic heterocycles. The Kier molecular flexibility index (Phi) is 8.39. The third-order valence-corrected chi connectivity index (χ3v) is 8.41. The number of amides is 3. The number of carbonyl (C=O) groups excluding carboxylic acids is 2. The van der Waals surface area contributed by atoms with Crippen molar-refractivity contribution in [1.82, 2.24) is 25.0 Å². The molecule has 1 aromatic carbocycles. The van der Waals surface area contributed by atoms with Crippen LogP contribution in [-0.2, 0) is 6.54 Å². The fraction of sp³-hybridized carbons (Fsp3) is 0.567. The summed E-state index contributed by atoms with van der Waals surface area (Å²) in [5, 5.41) is 3.04. The first-order valence-electron chi connectivity index (χ1n) is 14.2. The van der Waals surface area contributed by atoms with E-state index in [1.54, 1.807) is 0 Å². The van der Waals surface area contributed by atoms with Crippen molar-refractivity contribution < 1.29 is 9.59 Å². The molecule has 3 saturated heterocycles. The van der Waals surface area contributed by atoms with Crippen LogP contribution in [0.2, 0.25) is 0 Å². The Morgan fingerprint density at radius 2 is 1.51 bits per heavy atom. The van der Waals surface area contributed by atoms with Gasteiger partial charge in [-0.2, -0.15) is 0 Å². The number of hydrogen-bond donors (Lipinski definition) is 1. The molecular weight excluding hydrogens is 462 g/mol. The van der Waals surface area contributed by atoms with Crippen molar-refractivity contribution in [2.75, 3.05) is 39.3 Å². The third-order valence-electron chi connectivity index (χ3n) is 8.41.